The summed E-state index contributed by atoms with van der Waals surface area (Å²) >= 11 is 0. The summed E-state index contributed by atoms with van der Waals surface area (Å²) in [6.07, 6.45) is 7.06. The van der Waals surface area contributed by atoms with Gasteiger partial charge >= 0.3 is 0 Å². The highest BCUT2D eigenvalue weighted by atomic mass is 16.6. The van der Waals surface area contributed by atoms with E-state index in [1.807, 2.05) is 62.6 Å². The topological polar surface area (TPSA) is 85.7 Å². The van der Waals surface area contributed by atoms with Gasteiger partial charge in [-0.25, -0.2) is 0 Å². The Hall–Kier alpha value is -3.81. The molecule has 1 fully saturated rings. The Kier molecular flexibility index (Phi) is 7.67. The summed E-state index contributed by atoms with van der Waals surface area (Å²) in [7, 11) is 1.82. The number of carbonyl (C=O) groups excluding carboxylic acids is 2. The van der Waals surface area contributed by atoms with Gasteiger partial charge < -0.3 is 14.8 Å². The first kappa shape index (κ1) is 25.8. The average Bonchev–Trinajstić information content (AvgIpc) is 3.28. The number of hydrogen-bond acceptors (Lipinski definition) is 5. The summed E-state index contributed by atoms with van der Waals surface area (Å²) < 4.78 is 13.7. The number of para-hydroxylation sites is 2. The Morgan fingerprint density at radius 3 is 2.45 bits per heavy atom. The van der Waals surface area contributed by atoms with Crippen LogP contribution in [0.25, 0.3) is 0 Å². The maximum Gasteiger partial charge on any atom is 0.272 e. The van der Waals surface area contributed by atoms with Crippen molar-refractivity contribution in [2.75, 3.05) is 11.5 Å². The molecule has 0 unspecified atom stereocenters. The van der Waals surface area contributed by atoms with Crippen molar-refractivity contribution in [1.82, 2.24) is 15.1 Å². The van der Waals surface area contributed by atoms with Crippen LogP contribution in [0.4, 0.5) is 5.69 Å². The quantitative estimate of drug-likeness (QED) is 0.494. The number of anilines is 1. The smallest absolute Gasteiger partial charge is 0.272 e. The van der Waals surface area contributed by atoms with E-state index < -0.39 is 12.1 Å². The minimum atomic E-state index is -0.911. The zero-order valence-corrected chi connectivity index (χ0v) is 22.4. The standard InChI is InChI=1S/C30H36N4O4/c1-4-21-14-16-23(17-15-21)34(30(36)27-19-37-25-12-8-9-13-26(25)38-27)28(24-18-33(3)32-20(24)2)29(35)31-22-10-6-5-7-11-22/h8-9,12-18,22,27-28H,4-7,10-11,19H2,1-3H3,(H,31,35)/t27-,28+/m1/s1. The lowest BCUT2D eigenvalue weighted by Gasteiger charge is -2.36. The van der Waals surface area contributed by atoms with Crippen LogP contribution in [0.1, 0.15) is 61.9 Å². The van der Waals surface area contributed by atoms with Gasteiger partial charge in [0, 0.05) is 30.5 Å². The molecule has 2 aliphatic rings. The highest BCUT2D eigenvalue weighted by molar-refractivity contribution is 6.03. The van der Waals surface area contributed by atoms with E-state index in [4.69, 9.17) is 9.47 Å². The molecule has 200 valence electrons. The van der Waals surface area contributed by atoms with E-state index >= 15 is 0 Å². The molecule has 0 radical (unpaired) electrons. The lowest BCUT2D eigenvalue weighted by Crippen LogP contribution is -2.52. The predicted octanol–water partition coefficient (Wildman–Crippen LogP) is 4.65. The number of aryl methyl sites for hydroxylation is 3. The highest BCUT2D eigenvalue weighted by Gasteiger charge is 2.41. The molecular weight excluding hydrogens is 480 g/mol. The van der Waals surface area contributed by atoms with Crippen LogP contribution in [0.15, 0.2) is 54.7 Å². The number of benzene rings is 2. The summed E-state index contributed by atoms with van der Waals surface area (Å²) in [5.74, 6) is 0.568. The number of carbonyl (C=O) groups is 2. The minimum Gasteiger partial charge on any atom is -0.485 e. The molecule has 1 saturated carbocycles. The van der Waals surface area contributed by atoms with Gasteiger partial charge in [-0.15, -0.1) is 0 Å². The Bertz CT molecular complexity index is 1280. The lowest BCUT2D eigenvalue weighted by molar-refractivity contribution is -0.132. The van der Waals surface area contributed by atoms with E-state index in [0.717, 1.165) is 37.7 Å². The third kappa shape index (κ3) is 5.39. The second-order valence-electron chi connectivity index (χ2n) is 10.2. The molecule has 0 saturated heterocycles. The third-order valence-electron chi connectivity index (χ3n) is 7.45. The Morgan fingerprint density at radius 1 is 1.08 bits per heavy atom. The first-order chi connectivity index (χ1) is 18.4. The third-order valence-corrected chi connectivity index (χ3v) is 7.45. The van der Waals surface area contributed by atoms with Gasteiger partial charge in [0.15, 0.2) is 11.5 Å². The SMILES string of the molecule is CCc1ccc(N(C(=O)[C@H]2COc3ccccc3O2)[C@H](C(=O)NC2CCCCC2)c2cn(C)nc2C)cc1. The summed E-state index contributed by atoms with van der Waals surface area (Å²) in [5.41, 5.74) is 3.16. The van der Waals surface area contributed by atoms with Gasteiger partial charge in [-0.05, 0) is 56.0 Å². The Morgan fingerprint density at radius 2 is 1.79 bits per heavy atom. The molecule has 0 bridgehead atoms. The molecule has 0 spiro atoms. The van der Waals surface area contributed by atoms with E-state index in [0.29, 0.717) is 28.4 Å². The molecule has 1 N–H and O–H groups in total. The summed E-state index contributed by atoms with van der Waals surface area (Å²) in [6, 6.07) is 14.3. The molecule has 2 atom stereocenters. The van der Waals surface area contributed by atoms with Gasteiger partial charge in [-0.1, -0.05) is 50.5 Å². The maximum atomic E-state index is 14.3. The molecule has 1 aliphatic heterocycles. The first-order valence-corrected chi connectivity index (χ1v) is 13.6. The number of nitrogens with zero attached hydrogens (tertiary/aromatic N) is 3. The monoisotopic (exact) mass is 516 g/mol. The molecule has 1 aromatic heterocycles. The van der Waals surface area contributed by atoms with Crippen molar-refractivity contribution >= 4 is 17.5 Å². The molecule has 3 aromatic rings. The second-order valence-corrected chi connectivity index (χ2v) is 10.2. The van der Waals surface area contributed by atoms with Gasteiger partial charge in [0.05, 0.1) is 5.69 Å². The van der Waals surface area contributed by atoms with Crippen molar-refractivity contribution < 1.29 is 19.1 Å². The van der Waals surface area contributed by atoms with Crippen molar-refractivity contribution in [3.8, 4) is 11.5 Å². The van der Waals surface area contributed by atoms with Crippen molar-refractivity contribution in [3.63, 3.8) is 0 Å². The fourth-order valence-corrected chi connectivity index (χ4v) is 5.40. The zero-order chi connectivity index (χ0) is 26.6. The molecule has 1 aliphatic carbocycles. The normalized spacial score (nSPS) is 18.0. The van der Waals surface area contributed by atoms with Crippen molar-refractivity contribution in [3.05, 3.63) is 71.5 Å². The van der Waals surface area contributed by atoms with Crippen LogP contribution in [0.2, 0.25) is 0 Å². The average molecular weight is 517 g/mol. The van der Waals surface area contributed by atoms with Crippen molar-refractivity contribution in [2.24, 2.45) is 7.05 Å². The van der Waals surface area contributed by atoms with Gasteiger partial charge in [0.25, 0.3) is 5.91 Å². The highest BCUT2D eigenvalue weighted by Crippen LogP contribution is 2.35. The first-order valence-electron chi connectivity index (χ1n) is 13.6. The van der Waals surface area contributed by atoms with E-state index in [9.17, 15) is 9.59 Å². The Labute approximate surface area is 223 Å². The van der Waals surface area contributed by atoms with Gasteiger partial charge in [0.1, 0.15) is 12.6 Å². The number of hydrogen-bond donors (Lipinski definition) is 1. The summed E-state index contributed by atoms with van der Waals surface area (Å²) in [6.45, 7) is 4.01. The largest absolute Gasteiger partial charge is 0.485 e. The molecular formula is C30H36N4O4. The van der Waals surface area contributed by atoms with Crippen molar-refractivity contribution in [2.45, 2.75) is 70.6 Å². The summed E-state index contributed by atoms with van der Waals surface area (Å²) in [5, 5.41) is 7.77. The van der Waals surface area contributed by atoms with Crippen LogP contribution in [0.5, 0.6) is 11.5 Å². The molecule has 38 heavy (non-hydrogen) atoms. The summed E-state index contributed by atoms with van der Waals surface area (Å²) in [4.78, 5) is 30.0. The van der Waals surface area contributed by atoms with E-state index in [1.54, 1.807) is 15.6 Å². The van der Waals surface area contributed by atoms with E-state index in [2.05, 4.69) is 17.3 Å². The number of nitrogens with one attached hydrogen (secondary N) is 1. The molecule has 2 aromatic carbocycles. The zero-order valence-electron chi connectivity index (χ0n) is 22.4. The predicted molar refractivity (Wildman–Crippen MR) is 145 cm³/mol. The van der Waals surface area contributed by atoms with Crippen LogP contribution in [0.3, 0.4) is 0 Å². The van der Waals surface area contributed by atoms with Crippen LogP contribution in [-0.2, 0) is 23.1 Å². The fourth-order valence-electron chi connectivity index (χ4n) is 5.40. The lowest BCUT2D eigenvalue weighted by atomic mass is 9.94. The molecule has 2 amide bonds. The number of aromatic nitrogens is 2. The number of ether oxygens (including phenoxy) is 2. The van der Waals surface area contributed by atoms with Gasteiger partial charge in [-0.3, -0.25) is 19.2 Å². The van der Waals surface area contributed by atoms with Crippen LogP contribution >= 0.6 is 0 Å². The van der Waals surface area contributed by atoms with Gasteiger partial charge in [-0.2, -0.15) is 5.10 Å². The van der Waals surface area contributed by atoms with Crippen LogP contribution in [-0.4, -0.2) is 40.3 Å². The van der Waals surface area contributed by atoms with Gasteiger partial charge in [0.2, 0.25) is 12.0 Å². The molecule has 8 heteroatoms. The number of rotatable bonds is 7. The van der Waals surface area contributed by atoms with Crippen LogP contribution in [0, 0.1) is 6.92 Å². The van der Waals surface area contributed by atoms with Crippen LogP contribution < -0.4 is 19.7 Å². The number of fused-ring (bicyclic) bond motifs is 1. The van der Waals surface area contributed by atoms with E-state index in [1.165, 1.54) is 6.42 Å². The molecule has 5 rings (SSSR count). The Balaban J connectivity index is 1.56. The van der Waals surface area contributed by atoms with Crippen molar-refractivity contribution in [1.29, 1.82) is 0 Å². The van der Waals surface area contributed by atoms with E-state index in [-0.39, 0.29) is 24.5 Å². The fraction of sp³-hybridized carbons (Fsp3) is 0.433. The maximum absolute atomic E-state index is 14.3. The minimum absolute atomic E-state index is 0.0579. The second kappa shape index (κ2) is 11.3. The molecule has 2 heterocycles. The number of amides is 2. The molecule has 8 nitrogen and oxygen atoms in total.